The zero-order valence-corrected chi connectivity index (χ0v) is 8.29. The highest BCUT2D eigenvalue weighted by Gasteiger charge is 2.29. The van der Waals surface area contributed by atoms with Crippen LogP contribution in [-0.4, -0.2) is 36.0 Å². The molecule has 2 aromatic rings. The third-order valence-electron chi connectivity index (χ3n) is 2.73. The van der Waals surface area contributed by atoms with Crippen LogP contribution in [0.25, 0.3) is 11.4 Å². The van der Waals surface area contributed by atoms with Crippen LogP contribution >= 0.6 is 0 Å². The highest BCUT2D eigenvalue weighted by molar-refractivity contribution is 5.71. The van der Waals surface area contributed by atoms with Gasteiger partial charge in [-0.25, -0.2) is 4.98 Å². The SMILES string of the molecule is O=C(O)C1Cc2nc(-c3cn[nH]n3)cn2C1. The topological polar surface area (TPSA) is 96.7 Å². The first-order chi connectivity index (χ1) is 7.74. The summed E-state index contributed by atoms with van der Waals surface area (Å²) in [5.41, 5.74) is 1.40. The Balaban J connectivity index is 1.90. The van der Waals surface area contributed by atoms with Crippen LogP contribution in [0.3, 0.4) is 0 Å². The summed E-state index contributed by atoms with van der Waals surface area (Å²) in [6, 6.07) is 0. The van der Waals surface area contributed by atoms with E-state index in [0.717, 1.165) is 11.5 Å². The summed E-state index contributed by atoms with van der Waals surface area (Å²) in [6.45, 7) is 0.482. The van der Waals surface area contributed by atoms with E-state index in [4.69, 9.17) is 5.11 Å². The van der Waals surface area contributed by atoms with Crippen molar-refractivity contribution < 1.29 is 9.90 Å². The average Bonchev–Trinajstić information content (AvgIpc) is 2.91. The van der Waals surface area contributed by atoms with Gasteiger partial charge in [-0.05, 0) is 0 Å². The van der Waals surface area contributed by atoms with E-state index in [9.17, 15) is 4.79 Å². The molecule has 0 aliphatic carbocycles. The van der Waals surface area contributed by atoms with E-state index >= 15 is 0 Å². The number of imidazole rings is 1. The Morgan fingerprint density at radius 2 is 2.44 bits per heavy atom. The summed E-state index contributed by atoms with van der Waals surface area (Å²) in [6.07, 6.45) is 3.88. The summed E-state index contributed by atoms with van der Waals surface area (Å²) < 4.78 is 1.86. The van der Waals surface area contributed by atoms with E-state index < -0.39 is 5.97 Å². The molecule has 7 nitrogen and oxygen atoms in total. The lowest BCUT2D eigenvalue weighted by Gasteiger charge is -2.00. The third kappa shape index (κ3) is 1.28. The Bertz CT molecular complexity index is 507. The molecule has 1 aliphatic heterocycles. The van der Waals surface area contributed by atoms with Crippen molar-refractivity contribution >= 4 is 5.97 Å². The van der Waals surface area contributed by atoms with Gasteiger partial charge in [0.1, 0.15) is 17.2 Å². The second-order valence-electron chi connectivity index (χ2n) is 3.79. The summed E-state index contributed by atoms with van der Waals surface area (Å²) in [5.74, 6) is -0.326. The number of nitrogens with one attached hydrogen (secondary N) is 1. The number of fused-ring (bicyclic) bond motifs is 1. The number of rotatable bonds is 2. The van der Waals surface area contributed by atoms with Gasteiger partial charge in [0.05, 0.1) is 12.1 Å². The van der Waals surface area contributed by atoms with Crippen LogP contribution in [0.4, 0.5) is 0 Å². The molecule has 1 unspecified atom stereocenters. The smallest absolute Gasteiger partial charge is 0.308 e. The summed E-state index contributed by atoms with van der Waals surface area (Å²) in [7, 11) is 0. The fourth-order valence-electron chi connectivity index (χ4n) is 1.91. The number of hydrogen-bond donors (Lipinski definition) is 2. The van der Waals surface area contributed by atoms with Crippen molar-refractivity contribution in [2.45, 2.75) is 13.0 Å². The molecule has 1 aliphatic rings. The summed E-state index contributed by atoms with van der Waals surface area (Å²) in [5, 5.41) is 19.0. The van der Waals surface area contributed by atoms with Crippen LogP contribution in [0.15, 0.2) is 12.4 Å². The number of aromatic nitrogens is 5. The van der Waals surface area contributed by atoms with Crippen molar-refractivity contribution in [2.24, 2.45) is 5.92 Å². The molecular formula is C9H9N5O2. The molecule has 2 N–H and O–H groups in total. The number of carbonyl (C=O) groups is 1. The largest absolute Gasteiger partial charge is 0.481 e. The van der Waals surface area contributed by atoms with Crippen molar-refractivity contribution in [1.29, 1.82) is 0 Å². The maximum atomic E-state index is 10.8. The van der Waals surface area contributed by atoms with Gasteiger partial charge in [-0.1, -0.05) is 0 Å². The van der Waals surface area contributed by atoms with Crippen molar-refractivity contribution in [3.63, 3.8) is 0 Å². The van der Waals surface area contributed by atoms with E-state index in [0.29, 0.717) is 18.7 Å². The maximum absolute atomic E-state index is 10.8. The first-order valence-corrected chi connectivity index (χ1v) is 4.89. The van der Waals surface area contributed by atoms with Gasteiger partial charge >= 0.3 is 5.97 Å². The van der Waals surface area contributed by atoms with E-state index in [2.05, 4.69) is 20.4 Å². The highest BCUT2D eigenvalue weighted by Crippen LogP contribution is 2.24. The molecule has 7 heteroatoms. The molecule has 16 heavy (non-hydrogen) atoms. The molecule has 0 saturated carbocycles. The monoisotopic (exact) mass is 219 g/mol. The molecule has 82 valence electrons. The molecule has 0 aromatic carbocycles. The van der Waals surface area contributed by atoms with E-state index in [-0.39, 0.29) is 5.92 Å². The minimum absolute atomic E-state index is 0.353. The van der Waals surface area contributed by atoms with Gasteiger partial charge in [-0.2, -0.15) is 15.4 Å². The second-order valence-corrected chi connectivity index (χ2v) is 3.79. The zero-order valence-electron chi connectivity index (χ0n) is 8.29. The van der Waals surface area contributed by atoms with Gasteiger partial charge in [0, 0.05) is 19.2 Å². The maximum Gasteiger partial charge on any atom is 0.308 e. The van der Waals surface area contributed by atoms with E-state index in [1.807, 2.05) is 10.8 Å². The number of carboxylic acids is 1. The molecule has 0 radical (unpaired) electrons. The fraction of sp³-hybridized carbons (Fsp3) is 0.333. The molecular weight excluding hydrogens is 210 g/mol. The summed E-state index contributed by atoms with van der Waals surface area (Å²) >= 11 is 0. The number of aliphatic carboxylic acids is 1. The van der Waals surface area contributed by atoms with Gasteiger partial charge in [-0.15, -0.1) is 0 Å². The lowest BCUT2D eigenvalue weighted by molar-refractivity contribution is -0.141. The lowest BCUT2D eigenvalue weighted by atomic mass is 10.1. The molecule has 2 aromatic heterocycles. The number of carboxylic acid groups (broad SMARTS) is 1. The molecule has 0 amide bonds. The van der Waals surface area contributed by atoms with Crippen molar-refractivity contribution in [3.05, 3.63) is 18.2 Å². The summed E-state index contributed by atoms with van der Waals surface area (Å²) in [4.78, 5) is 15.2. The first kappa shape index (κ1) is 9.08. The Morgan fingerprint density at radius 1 is 1.56 bits per heavy atom. The van der Waals surface area contributed by atoms with Gasteiger partial charge in [0.15, 0.2) is 0 Å². The van der Waals surface area contributed by atoms with Gasteiger partial charge in [-0.3, -0.25) is 4.79 Å². The van der Waals surface area contributed by atoms with Gasteiger partial charge in [0.25, 0.3) is 0 Å². The average molecular weight is 219 g/mol. The molecule has 1 atom stereocenters. The van der Waals surface area contributed by atoms with Crippen molar-refractivity contribution in [1.82, 2.24) is 25.0 Å². The van der Waals surface area contributed by atoms with Crippen LogP contribution in [0, 0.1) is 5.92 Å². The minimum Gasteiger partial charge on any atom is -0.481 e. The first-order valence-electron chi connectivity index (χ1n) is 4.89. The van der Waals surface area contributed by atoms with Crippen LogP contribution < -0.4 is 0 Å². The third-order valence-corrected chi connectivity index (χ3v) is 2.73. The Kier molecular flexibility index (Phi) is 1.79. The molecule has 3 rings (SSSR count). The van der Waals surface area contributed by atoms with E-state index in [1.54, 1.807) is 6.20 Å². The quantitative estimate of drug-likeness (QED) is 0.736. The molecule has 0 saturated heterocycles. The number of aromatic amines is 1. The minimum atomic E-state index is -0.770. The van der Waals surface area contributed by atoms with Gasteiger partial charge in [0.2, 0.25) is 0 Å². The highest BCUT2D eigenvalue weighted by atomic mass is 16.4. The van der Waals surface area contributed by atoms with Crippen LogP contribution in [0.2, 0.25) is 0 Å². The zero-order chi connectivity index (χ0) is 11.1. The normalized spacial score (nSPS) is 18.6. The molecule has 0 fully saturated rings. The van der Waals surface area contributed by atoms with Crippen molar-refractivity contribution in [2.75, 3.05) is 0 Å². The predicted octanol–water partition coefficient (Wildman–Crippen LogP) is -0.0749. The van der Waals surface area contributed by atoms with Crippen LogP contribution in [0.1, 0.15) is 5.82 Å². The molecule has 3 heterocycles. The Morgan fingerprint density at radius 3 is 3.06 bits per heavy atom. The number of nitrogens with zero attached hydrogens (tertiary/aromatic N) is 4. The van der Waals surface area contributed by atoms with E-state index in [1.165, 1.54) is 0 Å². The Hall–Kier alpha value is -2.18. The van der Waals surface area contributed by atoms with Gasteiger partial charge < -0.3 is 9.67 Å². The second kappa shape index (κ2) is 3.16. The number of H-pyrrole nitrogens is 1. The fourth-order valence-corrected chi connectivity index (χ4v) is 1.91. The predicted molar refractivity (Wildman–Crippen MR) is 52.4 cm³/mol. The Labute approximate surface area is 90.1 Å². The standard InChI is InChI=1S/C9H9N5O2/c15-9(16)5-1-8-11-7(4-14(8)3-5)6-2-10-13-12-6/h2,4-5H,1,3H2,(H,15,16)(H,10,12,13). The molecule has 0 bridgehead atoms. The van der Waals surface area contributed by atoms with Crippen LogP contribution in [-0.2, 0) is 17.8 Å². The van der Waals surface area contributed by atoms with Crippen molar-refractivity contribution in [3.8, 4) is 11.4 Å². The number of hydrogen-bond acceptors (Lipinski definition) is 4. The lowest BCUT2D eigenvalue weighted by Crippen LogP contribution is -2.14. The molecule has 0 spiro atoms. The van der Waals surface area contributed by atoms with Crippen LogP contribution in [0.5, 0.6) is 0 Å².